The van der Waals surface area contributed by atoms with Crippen molar-refractivity contribution in [3.8, 4) is 11.3 Å². The Morgan fingerprint density at radius 1 is 0.946 bits per heavy atom. The highest BCUT2D eigenvalue weighted by Gasteiger charge is 2.22. The summed E-state index contributed by atoms with van der Waals surface area (Å²) in [6.45, 7) is 4.93. The van der Waals surface area contributed by atoms with Crippen LogP contribution in [0.5, 0.6) is 0 Å². The first-order chi connectivity index (χ1) is 18.0. The van der Waals surface area contributed by atoms with Gasteiger partial charge in [0.2, 0.25) is 5.91 Å². The van der Waals surface area contributed by atoms with Crippen LogP contribution in [-0.4, -0.2) is 53.6 Å². The van der Waals surface area contributed by atoms with E-state index >= 15 is 0 Å². The van der Waals surface area contributed by atoms with Gasteiger partial charge in [-0.1, -0.05) is 59.8 Å². The second-order valence-corrected chi connectivity index (χ2v) is 11.0. The maximum atomic E-state index is 12.8. The number of aryl methyl sites for hydroxylation is 1. The molecule has 8 heteroatoms. The van der Waals surface area contributed by atoms with Crippen molar-refractivity contribution in [2.45, 2.75) is 11.3 Å². The van der Waals surface area contributed by atoms with Crippen LogP contribution in [0.25, 0.3) is 11.3 Å². The first-order valence-corrected chi connectivity index (χ1v) is 14.1. The van der Waals surface area contributed by atoms with Crippen LogP contribution < -0.4 is 10.2 Å². The lowest BCUT2D eigenvalue weighted by Gasteiger charge is -2.36. The summed E-state index contributed by atoms with van der Waals surface area (Å²) in [7, 11) is 0. The van der Waals surface area contributed by atoms with Crippen LogP contribution in [0.15, 0.2) is 88.6 Å². The molecule has 3 aromatic carbocycles. The lowest BCUT2D eigenvalue weighted by molar-refractivity contribution is -0.113. The number of aromatic nitrogens is 1. The number of benzene rings is 3. The highest BCUT2D eigenvalue weighted by Crippen LogP contribution is 2.28. The normalized spacial score (nSPS) is 13.4. The Balaban J connectivity index is 1.09. The van der Waals surface area contributed by atoms with Crippen molar-refractivity contribution in [1.29, 1.82) is 0 Å². The third kappa shape index (κ3) is 6.39. The Labute approximate surface area is 225 Å². The number of nitrogens with zero attached hydrogens (tertiary/aromatic N) is 3. The molecule has 0 aliphatic carbocycles. The van der Waals surface area contributed by atoms with Gasteiger partial charge in [-0.3, -0.25) is 9.59 Å². The number of nitrogens with one attached hydrogen (secondary N) is 1. The van der Waals surface area contributed by atoms with Crippen LogP contribution in [-0.2, 0) is 4.79 Å². The zero-order chi connectivity index (χ0) is 25.6. The molecule has 37 heavy (non-hydrogen) atoms. The molecular weight excluding hydrogens is 500 g/mol. The summed E-state index contributed by atoms with van der Waals surface area (Å²) in [5.74, 6) is 0.339. The fraction of sp³-hybridized carbons (Fsp3) is 0.207. The van der Waals surface area contributed by atoms with E-state index in [4.69, 9.17) is 0 Å². The topological polar surface area (TPSA) is 65.5 Å². The van der Waals surface area contributed by atoms with E-state index in [-0.39, 0.29) is 11.8 Å². The van der Waals surface area contributed by atoms with Crippen LogP contribution in [0, 0.1) is 6.92 Å². The van der Waals surface area contributed by atoms with Crippen LogP contribution in [0.1, 0.15) is 15.9 Å². The van der Waals surface area contributed by atoms with Crippen molar-refractivity contribution >= 4 is 46.3 Å². The molecule has 0 saturated carbocycles. The Morgan fingerprint density at radius 2 is 1.70 bits per heavy atom. The van der Waals surface area contributed by atoms with E-state index in [0.717, 1.165) is 51.2 Å². The molecule has 188 valence electrons. The SMILES string of the molecule is Cc1cccc(C(=O)N2CCN(c3ccc(NC(=O)CSc4nc(-c5ccccc5)cs4)cc3)CC2)c1. The number of carbonyl (C=O) groups is 2. The number of anilines is 2. The predicted octanol–water partition coefficient (Wildman–Crippen LogP) is 5.81. The van der Waals surface area contributed by atoms with Crippen LogP contribution in [0.3, 0.4) is 0 Å². The third-order valence-electron chi connectivity index (χ3n) is 6.23. The average molecular weight is 529 g/mol. The van der Waals surface area contributed by atoms with Gasteiger partial charge >= 0.3 is 0 Å². The minimum absolute atomic E-state index is 0.0579. The number of thioether (sulfide) groups is 1. The van der Waals surface area contributed by atoms with Crippen molar-refractivity contribution < 1.29 is 9.59 Å². The van der Waals surface area contributed by atoms with E-state index in [2.05, 4.69) is 15.2 Å². The Morgan fingerprint density at radius 3 is 2.43 bits per heavy atom. The van der Waals surface area contributed by atoms with Crippen LogP contribution in [0.2, 0.25) is 0 Å². The molecule has 1 aliphatic rings. The fourth-order valence-electron chi connectivity index (χ4n) is 4.27. The van der Waals surface area contributed by atoms with Crippen LogP contribution >= 0.6 is 23.1 Å². The minimum atomic E-state index is -0.0579. The molecule has 5 rings (SSSR count). The number of hydrogen-bond acceptors (Lipinski definition) is 6. The number of thiazole rings is 1. The highest BCUT2D eigenvalue weighted by molar-refractivity contribution is 8.01. The van der Waals surface area contributed by atoms with E-state index in [0.29, 0.717) is 18.8 Å². The van der Waals surface area contributed by atoms with Gasteiger partial charge in [-0.05, 0) is 43.3 Å². The van der Waals surface area contributed by atoms with Gasteiger partial charge in [-0.25, -0.2) is 4.98 Å². The molecule has 1 aromatic heterocycles. The van der Waals surface area contributed by atoms with E-state index in [9.17, 15) is 9.59 Å². The molecule has 1 saturated heterocycles. The van der Waals surface area contributed by atoms with Crippen molar-refractivity contribution in [1.82, 2.24) is 9.88 Å². The van der Waals surface area contributed by atoms with E-state index in [1.165, 1.54) is 11.8 Å². The maximum Gasteiger partial charge on any atom is 0.253 e. The van der Waals surface area contributed by atoms with Gasteiger partial charge in [0.15, 0.2) is 4.34 Å². The van der Waals surface area contributed by atoms with E-state index in [1.54, 1.807) is 11.3 Å². The molecular formula is C29H28N4O2S2. The van der Waals surface area contributed by atoms with Crippen molar-refractivity contribution in [3.05, 3.63) is 95.4 Å². The average Bonchev–Trinajstić information content (AvgIpc) is 3.42. The number of amides is 2. The van der Waals surface area contributed by atoms with Gasteiger partial charge in [0.25, 0.3) is 5.91 Å². The lowest BCUT2D eigenvalue weighted by atomic mass is 10.1. The van der Waals surface area contributed by atoms with Crippen molar-refractivity contribution in [2.75, 3.05) is 42.1 Å². The molecule has 0 unspecified atom stereocenters. The van der Waals surface area contributed by atoms with E-state index in [1.807, 2.05) is 96.1 Å². The molecule has 0 atom stereocenters. The molecule has 6 nitrogen and oxygen atoms in total. The molecule has 0 spiro atoms. The standard InChI is InChI=1S/C29H28N4O2S2/c1-21-6-5-9-23(18-21)28(35)33-16-14-32(15-17-33)25-12-10-24(11-13-25)30-27(34)20-37-29-31-26(19-36-29)22-7-3-2-4-8-22/h2-13,18-19H,14-17,20H2,1H3,(H,30,34). The largest absolute Gasteiger partial charge is 0.368 e. The summed E-state index contributed by atoms with van der Waals surface area (Å²) in [5.41, 5.74) is 5.71. The molecule has 2 amide bonds. The maximum absolute atomic E-state index is 12.8. The summed E-state index contributed by atoms with van der Waals surface area (Å²) in [4.78, 5) is 34.1. The summed E-state index contributed by atoms with van der Waals surface area (Å²) in [6, 6.07) is 25.7. The zero-order valence-electron chi connectivity index (χ0n) is 20.6. The molecule has 2 heterocycles. The van der Waals surface area contributed by atoms with Crippen molar-refractivity contribution in [3.63, 3.8) is 0 Å². The van der Waals surface area contributed by atoms with Crippen LogP contribution in [0.4, 0.5) is 11.4 Å². The Bertz CT molecular complexity index is 1360. The van der Waals surface area contributed by atoms with Gasteiger partial charge in [0, 0.05) is 54.1 Å². The third-order valence-corrected chi connectivity index (χ3v) is 8.25. The summed E-state index contributed by atoms with van der Waals surface area (Å²) < 4.78 is 0.879. The van der Waals surface area contributed by atoms with Gasteiger partial charge < -0.3 is 15.1 Å². The molecule has 1 aliphatic heterocycles. The first-order valence-electron chi connectivity index (χ1n) is 12.2. The quantitative estimate of drug-likeness (QED) is 0.307. The smallest absolute Gasteiger partial charge is 0.253 e. The number of piperazine rings is 1. The monoisotopic (exact) mass is 528 g/mol. The summed E-state index contributed by atoms with van der Waals surface area (Å²) >= 11 is 3.00. The van der Waals surface area contributed by atoms with Gasteiger partial charge in [0.05, 0.1) is 11.4 Å². The Kier molecular flexibility index (Phi) is 7.87. The number of carbonyl (C=O) groups excluding carboxylic acids is 2. The molecule has 0 radical (unpaired) electrons. The Hall–Kier alpha value is -3.62. The molecule has 4 aromatic rings. The summed E-state index contributed by atoms with van der Waals surface area (Å²) in [6.07, 6.45) is 0. The highest BCUT2D eigenvalue weighted by atomic mass is 32.2. The number of rotatable bonds is 7. The molecule has 1 N–H and O–H groups in total. The van der Waals surface area contributed by atoms with E-state index < -0.39 is 0 Å². The van der Waals surface area contributed by atoms with Gasteiger partial charge in [0.1, 0.15) is 0 Å². The molecule has 1 fully saturated rings. The first kappa shape index (κ1) is 25.0. The fourth-order valence-corrected chi connectivity index (χ4v) is 5.91. The summed E-state index contributed by atoms with van der Waals surface area (Å²) in [5, 5.41) is 4.99. The second kappa shape index (κ2) is 11.6. The minimum Gasteiger partial charge on any atom is -0.368 e. The second-order valence-electron chi connectivity index (χ2n) is 8.90. The van der Waals surface area contributed by atoms with Crippen molar-refractivity contribution in [2.24, 2.45) is 0 Å². The predicted molar refractivity (Wildman–Crippen MR) is 153 cm³/mol. The lowest BCUT2D eigenvalue weighted by Crippen LogP contribution is -2.48. The zero-order valence-corrected chi connectivity index (χ0v) is 22.2. The van der Waals surface area contributed by atoms with Gasteiger partial charge in [-0.15, -0.1) is 11.3 Å². The number of hydrogen-bond donors (Lipinski definition) is 1. The van der Waals surface area contributed by atoms with Gasteiger partial charge in [-0.2, -0.15) is 0 Å². The molecule has 0 bridgehead atoms.